The van der Waals surface area contributed by atoms with E-state index >= 15 is 0 Å². The van der Waals surface area contributed by atoms with Crippen molar-refractivity contribution in [3.05, 3.63) is 53.9 Å². The Kier molecular flexibility index (Phi) is 3.57. The molecule has 0 bridgehead atoms. The zero-order valence-corrected chi connectivity index (χ0v) is 10.2. The highest BCUT2D eigenvalue weighted by atomic mass is 35.5. The van der Waals surface area contributed by atoms with Crippen LogP contribution in [0.2, 0.25) is 0 Å². The summed E-state index contributed by atoms with van der Waals surface area (Å²) in [5.74, 6) is 0. The van der Waals surface area contributed by atoms with Crippen molar-refractivity contribution in [1.82, 2.24) is 4.98 Å². The predicted octanol–water partition coefficient (Wildman–Crippen LogP) is 4.15. The van der Waals surface area contributed by atoms with Crippen molar-refractivity contribution in [2.45, 2.75) is 6.18 Å². The maximum absolute atomic E-state index is 12.9. The standard InChI is InChI=1S/C13H7ClF3NO/c14-12(19)11-9(8-4-6-18-7-5-8)2-1-3-10(11)13(15,16)17/h1-7H. The first-order valence-electron chi connectivity index (χ1n) is 5.21. The zero-order chi connectivity index (χ0) is 14.0. The van der Waals surface area contributed by atoms with Crippen LogP contribution in [-0.4, -0.2) is 10.2 Å². The second kappa shape index (κ2) is 5.01. The lowest BCUT2D eigenvalue weighted by molar-refractivity contribution is -0.137. The smallest absolute Gasteiger partial charge is 0.276 e. The number of carbonyl (C=O) groups excluding carboxylic acids is 1. The minimum Gasteiger partial charge on any atom is -0.276 e. The van der Waals surface area contributed by atoms with E-state index in [4.69, 9.17) is 11.6 Å². The van der Waals surface area contributed by atoms with Crippen LogP contribution >= 0.6 is 11.6 Å². The molecule has 0 aliphatic carbocycles. The molecule has 0 unspecified atom stereocenters. The summed E-state index contributed by atoms with van der Waals surface area (Å²) in [5.41, 5.74) is -0.994. The number of benzene rings is 1. The molecule has 0 atom stereocenters. The third kappa shape index (κ3) is 2.76. The van der Waals surface area contributed by atoms with E-state index in [-0.39, 0.29) is 5.56 Å². The van der Waals surface area contributed by atoms with E-state index in [0.717, 1.165) is 6.07 Å². The average molecular weight is 286 g/mol. The summed E-state index contributed by atoms with van der Waals surface area (Å²) in [6.45, 7) is 0. The first-order valence-corrected chi connectivity index (χ1v) is 5.59. The second-order valence-corrected chi connectivity index (χ2v) is 4.08. The van der Waals surface area contributed by atoms with Gasteiger partial charge in [0.05, 0.1) is 11.1 Å². The van der Waals surface area contributed by atoms with Crippen LogP contribution in [0.3, 0.4) is 0 Å². The largest absolute Gasteiger partial charge is 0.417 e. The van der Waals surface area contributed by atoms with Gasteiger partial charge in [-0.3, -0.25) is 9.78 Å². The van der Waals surface area contributed by atoms with Crippen LogP contribution in [0.4, 0.5) is 13.2 Å². The molecule has 0 radical (unpaired) electrons. The van der Waals surface area contributed by atoms with Gasteiger partial charge in [0.2, 0.25) is 0 Å². The highest BCUT2D eigenvalue weighted by molar-refractivity contribution is 6.68. The second-order valence-electron chi connectivity index (χ2n) is 3.74. The fourth-order valence-corrected chi connectivity index (χ4v) is 1.98. The Morgan fingerprint density at radius 2 is 1.74 bits per heavy atom. The third-order valence-corrected chi connectivity index (χ3v) is 2.75. The fourth-order valence-electron chi connectivity index (χ4n) is 1.77. The quantitative estimate of drug-likeness (QED) is 0.776. The highest BCUT2D eigenvalue weighted by Crippen LogP contribution is 2.37. The van der Waals surface area contributed by atoms with E-state index in [0.29, 0.717) is 5.56 Å². The van der Waals surface area contributed by atoms with Gasteiger partial charge in [-0.25, -0.2) is 0 Å². The third-order valence-electron chi connectivity index (χ3n) is 2.56. The average Bonchev–Trinajstić information content (AvgIpc) is 2.37. The Morgan fingerprint density at radius 3 is 2.26 bits per heavy atom. The molecule has 2 nitrogen and oxygen atoms in total. The molecule has 0 saturated heterocycles. The van der Waals surface area contributed by atoms with Gasteiger partial charge in [-0.05, 0) is 40.9 Å². The Labute approximate surface area is 111 Å². The molecule has 0 amide bonds. The maximum Gasteiger partial charge on any atom is 0.417 e. The summed E-state index contributed by atoms with van der Waals surface area (Å²) >= 11 is 5.31. The van der Waals surface area contributed by atoms with E-state index in [9.17, 15) is 18.0 Å². The van der Waals surface area contributed by atoms with Crippen LogP contribution < -0.4 is 0 Å². The maximum atomic E-state index is 12.9. The van der Waals surface area contributed by atoms with Crippen LogP contribution in [0.15, 0.2) is 42.7 Å². The van der Waals surface area contributed by atoms with Gasteiger partial charge < -0.3 is 0 Å². The number of aromatic nitrogens is 1. The molecule has 0 fully saturated rings. The summed E-state index contributed by atoms with van der Waals surface area (Å²) in [7, 11) is 0. The molecule has 98 valence electrons. The van der Waals surface area contributed by atoms with Crippen LogP contribution in [0.1, 0.15) is 15.9 Å². The lowest BCUT2D eigenvalue weighted by atomic mass is 9.96. The molecule has 19 heavy (non-hydrogen) atoms. The van der Waals surface area contributed by atoms with Gasteiger partial charge >= 0.3 is 6.18 Å². The van der Waals surface area contributed by atoms with E-state index < -0.39 is 22.5 Å². The molecular weight excluding hydrogens is 279 g/mol. The van der Waals surface area contributed by atoms with Crippen molar-refractivity contribution in [2.24, 2.45) is 0 Å². The lowest BCUT2D eigenvalue weighted by Gasteiger charge is -2.14. The molecule has 2 aromatic rings. The predicted molar refractivity (Wildman–Crippen MR) is 64.9 cm³/mol. The van der Waals surface area contributed by atoms with Crippen molar-refractivity contribution in [3.8, 4) is 11.1 Å². The van der Waals surface area contributed by atoms with E-state index in [1.807, 2.05) is 0 Å². The molecule has 2 rings (SSSR count). The van der Waals surface area contributed by atoms with Crippen molar-refractivity contribution in [2.75, 3.05) is 0 Å². The molecule has 0 saturated carbocycles. The Balaban J connectivity index is 2.73. The van der Waals surface area contributed by atoms with Crippen molar-refractivity contribution in [3.63, 3.8) is 0 Å². The number of alkyl halides is 3. The Bertz CT molecular complexity index is 611. The minimum atomic E-state index is -4.64. The van der Waals surface area contributed by atoms with Gasteiger partial charge in [-0.15, -0.1) is 0 Å². The number of hydrogen-bond acceptors (Lipinski definition) is 2. The molecule has 1 aromatic carbocycles. The normalized spacial score (nSPS) is 11.4. The van der Waals surface area contributed by atoms with Crippen molar-refractivity contribution in [1.29, 1.82) is 0 Å². The van der Waals surface area contributed by atoms with Gasteiger partial charge in [-0.2, -0.15) is 13.2 Å². The van der Waals surface area contributed by atoms with E-state index in [1.165, 1.54) is 36.7 Å². The van der Waals surface area contributed by atoms with Crippen LogP contribution in [0.25, 0.3) is 11.1 Å². The van der Waals surface area contributed by atoms with Gasteiger partial charge in [0.1, 0.15) is 0 Å². The molecule has 1 aromatic heterocycles. The zero-order valence-electron chi connectivity index (χ0n) is 9.41. The van der Waals surface area contributed by atoms with Gasteiger partial charge in [-0.1, -0.05) is 12.1 Å². The fraction of sp³-hybridized carbons (Fsp3) is 0.0769. The molecule has 1 heterocycles. The van der Waals surface area contributed by atoms with Crippen molar-refractivity contribution >= 4 is 16.8 Å². The first kappa shape index (κ1) is 13.5. The molecule has 0 aliphatic heterocycles. The Morgan fingerprint density at radius 1 is 1.11 bits per heavy atom. The van der Waals surface area contributed by atoms with E-state index in [2.05, 4.69) is 4.98 Å². The summed E-state index contributed by atoms with van der Waals surface area (Å²) < 4.78 is 38.6. The van der Waals surface area contributed by atoms with Crippen LogP contribution in [0, 0.1) is 0 Å². The number of halogens is 4. The van der Waals surface area contributed by atoms with Gasteiger partial charge in [0, 0.05) is 12.4 Å². The summed E-state index contributed by atoms with van der Waals surface area (Å²) in [4.78, 5) is 15.1. The molecular formula is C13H7ClF3NO. The molecule has 0 N–H and O–H groups in total. The summed E-state index contributed by atoms with van der Waals surface area (Å²) in [6.07, 6.45) is -1.78. The number of hydrogen-bond donors (Lipinski definition) is 0. The highest BCUT2D eigenvalue weighted by Gasteiger charge is 2.36. The van der Waals surface area contributed by atoms with Crippen LogP contribution in [0.5, 0.6) is 0 Å². The summed E-state index contributed by atoms with van der Waals surface area (Å²) in [5, 5.41) is -1.14. The first-order chi connectivity index (χ1) is 8.91. The topological polar surface area (TPSA) is 30.0 Å². The molecule has 0 spiro atoms. The number of rotatable bonds is 2. The van der Waals surface area contributed by atoms with Gasteiger partial charge in [0.15, 0.2) is 0 Å². The van der Waals surface area contributed by atoms with Crippen LogP contribution in [-0.2, 0) is 6.18 Å². The van der Waals surface area contributed by atoms with E-state index in [1.54, 1.807) is 0 Å². The number of carbonyl (C=O) groups is 1. The molecule has 6 heteroatoms. The summed E-state index contributed by atoms with van der Waals surface area (Å²) in [6, 6.07) is 6.51. The van der Waals surface area contributed by atoms with Gasteiger partial charge in [0.25, 0.3) is 5.24 Å². The monoisotopic (exact) mass is 285 g/mol. The Hall–Kier alpha value is -1.88. The minimum absolute atomic E-state index is 0.136. The number of nitrogens with zero attached hydrogens (tertiary/aromatic N) is 1. The molecule has 0 aliphatic rings. The van der Waals surface area contributed by atoms with Crippen molar-refractivity contribution < 1.29 is 18.0 Å². The lowest BCUT2D eigenvalue weighted by Crippen LogP contribution is -2.12. The SMILES string of the molecule is O=C(Cl)c1c(-c2ccncc2)cccc1C(F)(F)F. The number of pyridine rings is 1.